The molecule has 0 unspecified atom stereocenters. The van der Waals surface area contributed by atoms with E-state index in [1.807, 2.05) is 54.1 Å². The third-order valence-corrected chi connectivity index (χ3v) is 5.68. The van der Waals surface area contributed by atoms with Crippen LogP contribution in [0.1, 0.15) is 18.7 Å². The van der Waals surface area contributed by atoms with Crippen LogP contribution in [0.2, 0.25) is 0 Å². The van der Waals surface area contributed by atoms with Gasteiger partial charge in [-0.1, -0.05) is 12.1 Å². The van der Waals surface area contributed by atoms with Gasteiger partial charge >= 0.3 is 0 Å². The van der Waals surface area contributed by atoms with Crippen LogP contribution in [0.3, 0.4) is 0 Å². The fraction of sp³-hybridized carbons (Fsp3) is 0.333. The Bertz CT molecular complexity index is 1200. The average Bonchev–Trinajstić information content (AvgIpc) is 3.19. The molecule has 1 aromatic carbocycles. The van der Waals surface area contributed by atoms with Crippen LogP contribution in [0, 0.1) is 12.8 Å². The Morgan fingerprint density at radius 2 is 1.89 bits per heavy atom. The lowest BCUT2D eigenvalue weighted by molar-refractivity contribution is 0.348. The molecule has 1 fully saturated rings. The number of nitrogens with zero attached hydrogens (tertiary/aromatic N) is 6. The van der Waals surface area contributed by atoms with Crippen LogP contribution in [0.4, 0.5) is 5.82 Å². The van der Waals surface area contributed by atoms with Crippen molar-refractivity contribution in [2.75, 3.05) is 18.0 Å². The smallest absolute Gasteiger partial charge is 0.261 e. The van der Waals surface area contributed by atoms with Crippen molar-refractivity contribution in [3.05, 3.63) is 65.0 Å². The Hall–Kier alpha value is -3.22. The summed E-state index contributed by atoms with van der Waals surface area (Å²) in [7, 11) is 0. The van der Waals surface area contributed by atoms with Gasteiger partial charge in [-0.05, 0) is 43.9 Å². The zero-order valence-electron chi connectivity index (χ0n) is 15.8. The van der Waals surface area contributed by atoms with Gasteiger partial charge in [0, 0.05) is 31.9 Å². The standard InChI is InChI=1S/C21H22N6O/c1-15-23-18-5-3-2-4-17(18)21(28)26(15)14-16-7-11-25(12-8-16)19-9-13-27-20(24-19)6-10-22-27/h2-6,9-10,13,16H,7-8,11-12,14H2,1H3. The number of hydrogen-bond donors (Lipinski definition) is 0. The maximum absolute atomic E-state index is 12.9. The summed E-state index contributed by atoms with van der Waals surface area (Å²) in [5, 5.41) is 4.90. The highest BCUT2D eigenvalue weighted by atomic mass is 16.1. The molecule has 0 spiro atoms. The third kappa shape index (κ3) is 2.93. The second kappa shape index (κ2) is 6.74. The van der Waals surface area contributed by atoms with Crippen LogP contribution < -0.4 is 10.5 Å². The van der Waals surface area contributed by atoms with Gasteiger partial charge in [0.1, 0.15) is 11.6 Å². The first kappa shape index (κ1) is 16.9. The van der Waals surface area contributed by atoms with E-state index < -0.39 is 0 Å². The Morgan fingerprint density at radius 1 is 1.07 bits per heavy atom. The van der Waals surface area contributed by atoms with Gasteiger partial charge in [0.15, 0.2) is 5.65 Å². The molecule has 0 N–H and O–H groups in total. The lowest BCUT2D eigenvalue weighted by Crippen LogP contribution is -2.37. The first-order valence-electron chi connectivity index (χ1n) is 9.70. The van der Waals surface area contributed by atoms with Gasteiger partial charge in [-0.2, -0.15) is 5.10 Å². The summed E-state index contributed by atoms with van der Waals surface area (Å²) in [5.41, 5.74) is 1.71. The minimum absolute atomic E-state index is 0.0679. The van der Waals surface area contributed by atoms with Gasteiger partial charge in [-0.25, -0.2) is 14.5 Å². The second-order valence-electron chi connectivity index (χ2n) is 7.44. The number of benzene rings is 1. The summed E-state index contributed by atoms with van der Waals surface area (Å²) in [6, 6.07) is 11.5. The number of piperidine rings is 1. The molecule has 28 heavy (non-hydrogen) atoms. The van der Waals surface area contributed by atoms with Crippen LogP contribution in [-0.4, -0.2) is 37.2 Å². The van der Waals surface area contributed by atoms with E-state index in [0.29, 0.717) is 11.3 Å². The van der Waals surface area contributed by atoms with Gasteiger partial charge in [-0.15, -0.1) is 0 Å². The molecule has 0 radical (unpaired) electrons. The molecule has 0 saturated carbocycles. The van der Waals surface area contributed by atoms with Crippen molar-refractivity contribution >= 4 is 22.4 Å². The van der Waals surface area contributed by atoms with Crippen molar-refractivity contribution in [3.63, 3.8) is 0 Å². The SMILES string of the molecule is Cc1nc2ccccc2c(=O)n1CC1CCN(c2ccn3nccc3n2)CC1. The summed E-state index contributed by atoms with van der Waals surface area (Å²) in [4.78, 5) is 24.5. The van der Waals surface area contributed by atoms with Crippen molar-refractivity contribution in [2.24, 2.45) is 5.92 Å². The molecule has 1 aliphatic rings. The van der Waals surface area contributed by atoms with Gasteiger partial charge < -0.3 is 4.90 Å². The highest BCUT2D eigenvalue weighted by Crippen LogP contribution is 2.23. The third-order valence-electron chi connectivity index (χ3n) is 5.68. The van der Waals surface area contributed by atoms with Gasteiger partial charge in [0.05, 0.1) is 17.1 Å². The number of aromatic nitrogens is 5. The van der Waals surface area contributed by atoms with E-state index in [4.69, 9.17) is 4.98 Å². The van der Waals surface area contributed by atoms with Gasteiger partial charge in [0.25, 0.3) is 5.56 Å². The fourth-order valence-electron chi connectivity index (χ4n) is 4.08. The second-order valence-corrected chi connectivity index (χ2v) is 7.44. The van der Waals surface area contributed by atoms with Gasteiger partial charge in [-0.3, -0.25) is 9.36 Å². The molecule has 1 saturated heterocycles. The molecule has 3 aromatic heterocycles. The van der Waals surface area contributed by atoms with Crippen LogP contribution in [0.15, 0.2) is 53.6 Å². The molecule has 4 heterocycles. The number of anilines is 1. The first-order valence-corrected chi connectivity index (χ1v) is 9.70. The summed E-state index contributed by atoms with van der Waals surface area (Å²) in [5.74, 6) is 2.25. The van der Waals surface area contributed by atoms with E-state index in [2.05, 4.69) is 15.0 Å². The maximum Gasteiger partial charge on any atom is 0.261 e. The van der Waals surface area contributed by atoms with E-state index >= 15 is 0 Å². The zero-order chi connectivity index (χ0) is 19.1. The van der Waals surface area contributed by atoms with Crippen LogP contribution in [0.5, 0.6) is 0 Å². The van der Waals surface area contributed by atoms with Crippen molar-refractivity contribution in [2.45, 2.75) is 26.3 Å². The minimum Gasteiger partial charge on any atom is -0.356 e. The summed E-state index contributed by atoms with van der Waals surface area (Å²) in [6.45, 7) is 4.53. The number of rotatable bonds is 3. The van der Waals surface area contributed by atoms with E-state index in [9.17, 15) is 4.79 Å². The van der Waals surface area contributed by atoms with Crippen LogP contribution in [0.25, 0.3) is 16.6 Å². The highest BCUT2D eigenvalue weighted by Gasteiger charge is 2.22. The molecule has 4 aromatic rings. The Kier molecular flexibility index (Phi) is 4.07. The number of hydrogen-bond acceptors (Lipinski definition) is 5. The molecule has 0 bridgehead atoms. The summed E-state index contributed by atoms with van der Waals surface area (Å²) in [6.07, 6.45) is 5.78. The Balaban J connectivity index is 1.32. The maximum atomic E-state index is 12.9. The molecular weight excluding hydrogens is 352 g/mol. The predicted octanol–water partition coefficient (Wildman–Crippen LogP) is 2.66. The largest absolute Gasteiger partial charge is 0.356 e. The first-order chi connectivity index (χ1) is 13.7. The normalized spacial score (nSPS) is 15.5. The number of fused-ring (bicyclic) bond motifs is 2. The van der Waals surface area contributed by atoms with Crippen LogP contribution in [-0.2, 0) is 6.54 Å². The van der Waals surface area contributed by atoms with Crippen molar-refractivity contribution in [1.29, 1.82) is 0 Å². The molecule has 0 aliphatic carbocycles. The lowest BCUT2D eigenvalue weighted by atomic mass is 9.96. The minimum atomic E-state index is 0.0679. The predicted molar refractivity (Wildman–Crippen MR) is 109 cm³/mol. The Labute approximate surface area is 162 Å². The highest BCUT2D eigenvalue weighted by molar-refractivity contribution is 5.77. The monoisotopic (exact) mass is 374 g/mol. The van der Waals surface area contributed by atoms with E-state index in [1.54, 1.807) is 10.7 Å². The zero-order valence-corrected chi connectivity index (χ0v) is 15.8. The molecule has 0 atom stereocenters. The molecule has 5 rings (SSSR count). The number of para-hydroxylation sites is 1. The fourth-order valence-corrected chi connectivity index (χ4v) is 4.08. The van der Waals surface area contributed by atoms with E-state index in [-0.39, 0.29) is 5.56 Å². The molecule has 7 nitrogen and oxygen atoms in total. The van der Waals surface area contributed by atoms with Crippen molar-refractivity contribution in [1.82, 2.24) is 24.1 Å². The van der Waals surface area contributed by atoms with E-state index in [0.717, 1.165) is 55.3 Å². The quantitative estimate of drug-likeness (QED) is 0.551. The molecule has 142 valence electrons. The molecular formula is C21H22N6O. The van der Waals surface area contributed by atoms with Crippen LogP contribution >= 0.6 is 0 Å². The topological polar surface area (TPSA) is 68.3 Å². The molecule has 7 heteroatoms. The lowest BCUT2D eigenvalue weighted by Gasteiger charge is -2.33. The number of aryl methyl sites for hydroxylation is 1. The van der Waals surface area contributed by atoms with E-state index in [1.165, 1.54) is 0 Å². The van der Waals surface area contributed by atoms with Crippen molar-refractivity contribution in [3.8, 4) is 0 Å². The van der Waals surface area contributed by atoms with Crippen molar-refractivity contribution < 1.29 is 0 Å². The average molecular weight is 374 g/mol. The Morgan fingerprint density at radius 3 is 2.75 bits per heavy atom. The van der Waals surface area contributed by atoms with Gasteiger partial charge in [0.2, 0.25) is 0 Å². The summed E-state index contributed by atoms with van der Waals surface area (Å²) >= 11 is 0. The molecule has 1 aliphatic heterocycles. The molecule has 0 amide bonds. The summed E-state index contributed by atoms with van der Waals surface area (Å²) < 4.78 is 3.62.